The maximum absolute atomic E-state index is 12.4. The fourth-order valence-electron chi connectivity index (χ4n) is 1.97. The van der Waals surface area contributed by atoms with Gasteiger partial charge in [0.15, 0.2) is 0 Å². The highest BCUT2D eigenvalue weighted by Gasteiger charge is 2.25. The Bertz CT molecular complexity index is 503. The first kappa shape index (κ1) is 18.3. The van der Waals surface area contributed by atoms with Gasteiger partial charge in [-0.05, 0) is 37.5 Å². The average molecular weight is 327 g/mol. The summed E-state index contributed by atoms with van der Waals surface area (Å²) in [5.41, 5.74) is 0.941. The van der Waals surface area contributed by atoms with Gasteiger partial charge >= 0.3 is 6.09 Å². The molecule has 122 valence electrons. The molecule has 0 spiro atoms. The molecule has 0 aliphatic heterocycles. The number of halogens is 1. The number of carbonyl (C=O) groups excluding carboxylic acids is 2. The zero-order valence-electron chi connectivity index (χ0n) is 13.4. The van der Waals surface area contributed by atoms with Crippen LogP contribution in [0.2, 0.25) is 5.02 Å². The number of rotatable bonds is 6. The minimum atomic E-state index is -0.645. The SMILES string of the molecule is CCOC(=O)N[C@@H](C(=O)N[C@@H](C)c1ccc(Cl)cc1)C(C)C. The van der Waals surface area contributed by atoms with E-state index >= 15 is 0 Å². The topological polar surface area (TPSA) is 67.4 Å². The second-order valence-electron chi connectivity index (χ2n) is 5.37. The van der Waals surface area contributed by atoms with Crippen LogP contribution in [0.25, 0.3) is 0 Å². The van der Waals surface area contributed by atoms with Gasteiger partial charge in [0.25, 0.3) is 0 Å². The highest BCUT2D eigenvalue weighted by Crippen LogP contribution is 2.16. The minimum absolute atomic E-state index is 0.0539. The summed E-state index contributed by atoms with van der Waals surface area (Å²) in [6, 6.07) is 6.43. The van der Waals surface area contributed by atoms with E-state index in [9.17, 15) is 9.59 Å². The molecule has 0 saturated carbocycles. The van der Waals surface area contributed by atoms with Crippen molar-refractivity contribution in [3.05, 3.63) is 34.9 Å². The first-order valence-electron chi connectivity index (χ1n) is 7.34. The monoisotopic (exact) mass is 326 g/mol. The molecule has 1 aromatic rings. The first-order chi connectivity index (χ1) is 10.3. The Morgan fingerprint density at radius 2 is 1.73 bits per heavy atom. The van der Waals surface area contributed by atoms with Gasteiger partial charge in [-0.25, -0.2) is 4.79 Å². The number of amides is 2. The van der Waals surface area contributed by atoms with E-state index in [0.29, 0.717) is 5.02 Å². The predicted octanol–water partition coefficient (Wildman–Crippen LogP) is 3.29. The summed E-state index contributed by atoms with van der Waals surface area (Å²) in [5.74, 6) is -0.299. The van der Waals surface area contributed by atoms with Gasteiger partial charge in [-0.2, -0.15) is 0 Å². The molecule has 0 saturated heterocycles. The molecular formula is C16H23ClN2O3. The molecule has 0 unspecified atom stereocenters. The van der Waals surface area contributed by atoms with Crippen LogP contribution in [0.5, 0.6) is 0 Å². The molecule has 0 fully saturated rings. The van der Waals surface area contributed by atoms with Crippen molar-refractivity contribution in [3.8, 4) is 0 Å². The molecule has 2 amide bonds. The second-order valence-corrected chi connectivity index (χ2v) is 5.80. The molecule has 2 atom stereocenters. The molecule has 0 aliphatic carbocycles. The Morgan fingerprint density at radius 3 is 2.23 bits per heavy atom. The van der Waals surface area contributed by atoms with Gasteiger partial charge in [0.05, 0.1) is 12.6 Å². The normalized spacial score (nSPS) is 13.4. The fourth-order valence-corrected chi connectivity index (χ4v) is 2.10. The van der Waals surface area contributed by atoms with Crippen LogP contribution in [0, 0.1) is 5.92 Å². The Labute approximate surface area is 136 Å². The van der Waals surface area contributed by atoms with Crippen molar-refractivity contribution in [1.29, 1.82) is 0 Å². The van der Waals surface area contributed by atoms with E-state index in [0.717, 1.165) is 5.56 Å². The summed E-state index contributed by atoms with van der Waals surface area (Å²) in [7, 11) is 0. The van der Waals surface area contributed by atoms with Crippen LogP contribution in [-0.2, 0) is 9.53 Å². The second kappa shape index (κ2) is 8.63. The van der Waals surface area contributed by atoms with E-state index in [-0.39, 0.29) is 24.5 Å². The number of carbonyl (C=O) groups is 2. The Morgan fingerprint density at radius 1 is 1.14 bits per heavy atom. The zero-order chi connectivity index (χ0) is 16.7. The minimum Gasteiger partial charge on any atom is -0.450 e. The Hall–Kier alpha value is -1.75. The van der Waals surface area contributed by atoms with Crippen molar-refractivity contribution in [2.45, 2.75) is 39.8 Å². The van der Waals surface area contributed by atoms with Crippen molar-refractivity contribution in [2.75, 3.05) is 6.61 Å². The first-order valence-corrected chi connectivity index (χ1v) is 7.72. The largest absolute Gasteiger partial charge is 0.450 e. The quantitative estimate of drug-likeness (QED) is 0.843. The van der Waals surface area contributed by atoms with E-state index in [1.165, 1.54) is 0 Å². The Balaban J connectivity index is 2.70. The summed E-state index contributed by atoms with van der Waals surface area (Å²) < 4.78 is 4.83. The lowest BCUT2D eigenvalue weighted by molar-refractivity contribution is -0.124. The molecular weight excluding hydrogens is 304 g/mol. The van der Waals surface area contributed by atoms with Crippen LogP contribution in [0.4, 0.5) is 4.79 Å². The number of benzene rings is 1. The van der Waals surface area contributed by atoms with Crippen LogP contribution in [-0.4, -0.2) is 24.6 Å². The molecule has 22 heavy (non-hydrogen) atoms. The number of ether oxygens (including phenoxy) is 1. The number of hydrogen-bond donors (Lipinski definition) is 2. The number of nitrogens with one attached hydrogen (secondary N) is 2. The van der Waals surface area contributed by atoms with Crippen LogP contribution >= 0.6 is 11.6 Å². The molecule has 1 aromatic carbocycles. The molecule has 2 N–H and O–H groups in total. The van der Waals surface area contributed by atoms with E-state index in [4.69, 9.17) is 16.3 Å². The van der Waals surface area contributed by atoms with Gasteiger partial charge in [0, 0.05) is 5.02 Å². The lowest BCUT2D eigenvalue weighted by Gasteiger charge is -2.23. The molecule has 0 heterocycles. The highest BCUT2D eigenvalue weighted by molar-refractivity contribution is 6.30. The maximum atomic E-state index is 12.4. The summed E-state index contributed by atoms with van der Waals surface area (Å²) in [6.07, 6.45) is -0.588. The van der Waals surface area contributed by atoms with Gasteiger partial charge < -0.3 is 15.4 Å². The van der Waals surface area contributed by atoms with E-state index in [1.54, 1.807) is 19.1 Å². The number of hydrogen-bond acceptors (Lipinski definition) is 3. The predicted molar refractivity (Wildman–Crippen MR) is 86.8 cm³/mol. The van der Waals surface area contributed by atoms with Crippen LogP contribution < -0.4 is 10.6 Å². The maximum Gasteiger partial charge on any atom is 0.407 e. The van der Waals surface area contributed by atoms with Gasteiger partial charge in [-0.1, -0.05) is 37.6 Å². The third-order valence-electron chi connectivity index (χ3n) is 3.23. The van der Waals surface area contributed by atoms with E-state index < -0.39 is 12.1 Å². The van der Waals surface area contributed by atoms with Crippen molar-refractivity contribution < 1.29 is 14.3 Å². The molecule has 5 nitrogen and oxygen atoms in total. The van der Waals surface area contributed by atoms with Crippen LogP contribution in [0.1, 0.15) is 39.3 Å². The average Bonchev–Trinajstić information content (AvgIpc) is 2.45. The smallest absolute Gasteiger partial charge is 0.407 e. The third-order valence-corrected chi connectivity index (χ3v) is 3.48. The standard InChI is InChI=1S/C16H23ClN2O3/c1-5-22-16(21)19-14(10(2)3)15(20)18-11(4)12-6-8-13(17)9-7-12/h6-11,14H,5H2,1-4H3,(H,18,20)(H,19,21)/t11-,14+/m0/s1. The molecule has 0 aliphatic rings. The van der Waals surface area contributed by atoms with Crippen molar-refractivity contribution in [3.63, 3.8) is 0 Å². The van der Waals surface area contributed by atoms with Gasteiger partial charge in [0.2, 0.25) is 5.91 Å². The van der Waals surface area contributed by atoms with Gasteiger partial charge in [0.1, 0.15) is 6.04 Å². The molecule has 6 heteroatoms. The summed E-state index contributed by atoms with van der Waals surface area (Å²) in [5, 5.41) is 6.13. The van der Waals surface area contributed by atoms with Crippen molar-refractivity contribution in [2.24, 2.45) is 5.92 Å². The Kier molecular flexibility index (Phi) is 7.18. The summed E-state index contributed by atoms with van der Waals surface area (Å²) in [4.78, 5) is 23.9. The van der Waals surface area contributed by atoms with Crippen LogP contribution in [0.3, 0.4) is 0 Å². The van der Waals surface area contributed by atoms with Crippen molar-refractivity contribution >= 4 is 23.6 Å². The van der Waals surface area contributed by atoms with Crippen LogP contribution in [0.15, 0.2) is 24.3 Å². The lowest BCUT2D eigenvalue weighted by Crippen LogP contribution is -2.50. The molecule has 0 radical (unpaired) electrons. The summed E-state index contributed by atoms with van der Waals surface area (Å²) in [6.45, 7) is 7.59. The highest BCUT2D eigenvalue weighted by atomic mass is 35.5. The van der Waals surface area contributed by atoms with E-state index in [2.05, 4.69) is 10.6 Å². The molecule has 1 rings (SSSR count). The van der Waals surface area contributed by atoms with Gasteiger partial charge in [-0.3, -0.25) is 4.79 Å². The van der Waals surface area contributed by atoms with Crippen molar-refractivity contribution in [1.82, 2.24) is 10.6 Å². The number of alkyl carbamates (subject to hydrolysis) is 1. The van der Waals surface area contributed by atoms with E-state index in [1.807, 2.05) is 32.9 Å². The summed E-state index contributed by atoms with van der Waals surface area (Å²) >= 11 is 5.85. The third kappa shape index (κ3) is 5.56. The lowest BCUT2D eigenvalue weighted by atomic mass is 10.0. The molecule has 0 aromatic heterocycles. The van der Waals surface area contributed by atoms with Gasteiger partial charge in [-0.15, -0.1) is 0 Å². The zero-order valence-corrected chi connectivity index (χ0v) is 14.1. The molecule has 0 bridgehead atoms. The fraction of sp³-hybridized carbons (Fsp3) is 0.500.